The lowest BCUT2D eigenvalue weighted by Crippen LogP contribution is -2.39. The highest BCUT2D eigenvalue weighted by atomic mass is 35.5. The second-order valence-corrected chi connectivity index (χ2v) is 5.98. The fraction of sp³-hybridized carbons (Fsp3) is 0. The molecule has 0 spiro atoms. The normalized spacial score (nSPS) is 11.0. The lowest BCUT2D eigenvalue weighted by Gasteiger charge is -2.00. The number of hydrogen-bond acceptors (Lipinski definition) is 5. The number of hydrogen-bond donors (Lipinski definition) is 2. The Morgan fingerprint density at radius 1 is 1.40 bits per heavy atom. The summed E-state index contributed by atoms with van der Waals surface area (Å²) in [6.07, 6.45) is 0. The molecule has 0 aromatic carbocycles. The zero-order valence-corrected chi connectivity index (χ0v) is 9.45. The van der Waals surface area contributed by atoms with E-state index in [0.29, 0.717) is 0 Å². The lowest BCUT2D eigenvalue weighted by atomic mass is 10.6. The molecule has 0 unspecified atom stereocenters. The van der Waals surface area contributed by atoms with E-state index in [2.05, 4.69) is 5.73 Å². The fourth-order valence-corrected chi connectivity index (χ4v) is 3.10. The average Bonchev–Trinajstić information content (AvgIpc) is 2.51. The average molecular weight is 269 g/mol. The van der Waals surface area contributed by atoms with Gasteiger partial charge in [-0.1, -0.05) is 11.6 Å². The number of nitrogens with one attached hydrogen (secondary N) is 1. The molecule has 1 aromatic heterocycles. The van der Waals surface area contributed by atoms with Crippen LogP contribution < -0.4 is 10.5 Å². The van der Waals surface area contributed by atoms with E-state index < -0.39 is 21.8 Å². The van der Waals surface area contributed by atoms with Crippen LogP contribution in [-0.2, 0) is 19.6 Å². The van der Waals surface area contributed by atoms with Crippen molar-refractivity contribution >= 4 is 44.8 Å². The number of nitrogens with two attached hydrogens (primary N) is 1. The molecule has 0 aliphatic heterocycles. The molecule has 6 nitrogen and oxygen atoms in total. The van der Waals surface area contributed by atoms with Gasteiger partial charge in [0.2, 0.25) is 0 Å². The van der Waals surface area contributed by atoms with Crippen LogP contribution in [-0.4, -0.2) is 20.2 Å². The van der Waals surface area contributed by atoms with Crippen molar-refractivity contribution in [2.75, 3.05) is 0 Å². The summed E-state index contributed by atoms with van der Waals surface area (Å²) in [7, 11) is -4.05. The molecule has 1 aromatic rings. The van der Waals surface area contributed by atoms with Gasteiger partial charge in [-0.25, -0.2) is 13.1 Å². The van der Waals surface area contributed by atoms with Crippen LogP contribution in [0.4, 0.5) is 0 Å². The highest BCUT2D eigenvalue weighted by Gasteiger charge is 2.22. The molecule has 2 amide bonds. The van der Waals surface area contributed by atoms with E-state index in [0.717, 1.165) is 11.3 Å². The summed E-state index contributed by atoms with van der Waals surface area (Å²) in [5.41, 5.74) is 4.59. The van der Waals surface area contributed by atoms with E-state index in [1.165, 1.54) is 16.9 Å². The van der Waals surface area contributed by atoms with Crippen molar-refractivity contribution in [1.29, 1.82) is 0 Å². The summed E-state index contributed by atoms with van der Waals surface area (Å²) >= 11 is 6.27. The summed E-state index contributed by atoms with van der Waals surface area (Å²) in [4.78, 5) is 21.1. The Kier molecular flexibility index (Phi) is 3.32. The molecule has 9 heteroatoms. The second-order valence-electron chi connectivity index (χ2n) is 2.36. The molecule has 0 aliphatic rings. The predicted octanol–water partition coefficient (Wildman–Crippen LogP) is -0.308. The Morgan fingerprint density at radius 3 is 2.40 bits per heavy atom. The molecule has 0 saturated heterocycles. The SMILES string of the molecule is NC(=O)C(=O)NS(=O)(=O)c1ccc(Cl)s1. The number of sulfonamides is 1. The summed E-state index contributed by atoms with van der Waals surface area (Å²) in [5, 5.41) is 0. The van der Waals surface area contributed by atoms with Gasteiger partial charge in [-0.15, -0.1) is 11.3 Å². The number of carbonyl (C=O) groups is 2. The number of amides is 2. The summed E-state index contributed by atoms with van der Waals surface area (Å²) < 4.78 is 24.3. The maximum atomic E-state index is 11.4. The number of rotatable bonds is 2. The smallest absolute Gasteiger partial charge is 0.322 e. The molecule has 3 N–H and O–H groups in total. The summed E-state index contributed by atoms with van der Waals surface area (Å²) in [6, 6.07) is 2.57. The summed E-state index contributed by atoms with van der Waals surface area (Å²) in [5.74, 6) is -2.76. The van der Waals surface area contributed by atoms with Crippen LogP contribution in [0.25, 0.3) is 0 Å². The van der Waals surface area contributed by atoms with Gasteiger partial charge in [0, 0.05) is 0 Å². The number of halogens is 1. The number of thiophene rings is 1. The number of carbonyl (C=O) groups excluding carboxylic acids is 2. The van der Waals surface area contributed by atoms with Crippen LogP contribution in [0.5, 0.6) is 0 Å². The molecule has 1 heterocycles. The zero-order chi connectivity index (χ0) is 11.6. The Morgan fingerprint density at radius 2 is 2.00 bits per heavy atom. The minimum absolute atomic E-state index is 0.165. The molecular weight excluding hydrogens is 264 g/mol. The van der Waals surface area contributed by atoms with E-state index in [-0.39, 0.29) is 8.55 Å². The molecule has 15 heavy (non-hydrogen) atoms. The Labute approximate surface area is 94.1 Å². The van der Waals surface area contributed by atoms with Crippen LogP contribution in [0.15, 0.2) is 16.3 Å². The Balaban J connectivity index is 2.95. The third-order valence-electron chi connectivity index (χ3n) is 1.26. The molecule has 0 fully saturated rings. The van der Waals surface area contributed by atoms with E-state index >= 15 is 0 Å². The maximum Gasteiger partial charge on any atom is 0.322 e. The minimum atomic E-state index is -4.05. The molecule has 1 rings (SSSR count). The highest BCUT2D eigenvalue weighted by Crippen LogP contribution is 2.25. The standard InChI is InChI=1S/C6H5ClN2O4S2/c7-3-1-2-4(14-3)15(12,13)9-6(11)5(8)10/h1-2H,(H2,8,10)(H,9,11). The van der Waals surface area contributed by atoms with Crippen LogP contribution in [0.2, 0.25) is 4.34 Å². The monoisotopic (exact) mass is 268 g/mol. The molecular formula is C6H5ClN2O4S2. The quantitative estimate of drug-likeness (QED) is 0.718. The van der Waals surface area contributed by atoms with Gasteiger partial charge in [-0.05, 0) is 12.1 Å². The van der Waals surface area contributed by atoms with Crippen molar-refractivity contribution in [3.63, 3.8) is 0 Å². The van der Waals surface area contributed by atoms with Crippen LogP contribution in [0.3, 0.4) is 0 Å². The topological polar surface area (TPSA) is 106 Å². The third kappa shape index (κ3) is 2.91. The first-order chi connectivity index (χ1) is 6.83. The van der Waals surface area contributed by atoms with Gasteiger partial charge in [-0.3, -0.25) is 9.59 Å². The third-order valence-corrected chi connectivity index (χ3v) is 4.32. The van der Waals surface area contributed by atoms with Crippen molar-refractivity contribution in [3.05, 3.63) is 16.5 Å². The van der Waals surface area contributed by atoms with Crippen LogP contribution in [0.1, 0.15) is 0 Å². The summed E-state index contributed by atoms with van der Waals surface area (Å²) in [6.45, 7) is 0. The van der Waals surface area contributed by atoms with Gasteiger partial charge in [-0.2, -0.15) is 0 Å². The largest absolute Gasteiger partial charge is 0.361 e. The first kappa shape index (κ1) is 12.0. The van der Waals surface area contributed by atoms with Gasteiger partial charge in [0.25, 0.3) is 10.0 Å². The molecule has 0 radical (unpaired) electrons. The highest BCUT2D eigenvalue weighted by molar-refractivity contribution is 7.92. The van der Waals surface area contributed by atoms with Gasteiger partial charge in [0.15, 0.2) is 0 Å². The van der Waals surface area contributed by atoms with Gasteiger partial charge in [0.1, 0.15) is 4.21 Å². The van der Waals surface area contributed by atoms with Gasteiger partial charge in [0.05, 0.1) is 4.34 Å². The first-order valence-electron chi connectivity index (χ1n) is 3.45. The van der Waals surface area contributed by atoms with Crippen molar-refractivity contribution < 1.29 is 18.0 Å². The van der Waals surface area contributed by atoms with Gasteiger partial charge >= 0.3 is 11.8 Å². The van der Waals surface area contributed by atoms with E-state index in [1.807, 2.05) is 0 Å². The lowest BCUT2D eigenvalue weighted by molar-refractivity contribution is -0.136. The first-order valence-corrected chi connectivity index (χ1v) is 6.12. The Bertz CT molecular complexity index is 507. The van der Waals surface area contributed by atoms with Crippen LogP contribution in [0, 0.1) is 0 Å². The van der Waals surface area contributed by atoms with Gasteiger partial charge < -0.3 is 5.73 Å². The van der Waals surface area contributed by atoms with Crippen molar-refractivity contribution in [2.24, 2.45) is 5.73 Å². The molecule has 0 bridgehead atoms. The second kappa shape index (κ2) is 4.17. The van der Waals surface area contributed by atoms with E-state index in [1.54, 1.807) is 0 Å². The number of primary amides is 1. The van der Waals surface area contributed by atoms with Crippen molar-refractivity contribution in [2.45, 2.75) is 4.21 Å². The molecule has 0 saturated carbocycles. The minimum Gasteiger partial charge on any atom is -0.361 e. The fourth-order valence-electron chi connectivity index (χ4n) is 0.665. The predicted molar refractivity (Wildman–Crippen MR) is 53.9 cm³/mol. The van der Waals surface area contributed by atoms with E-state index in [9.17, 15) is 18.0 Å². The molecule has 0 aliphatic carbocycles. The van der Waals surface area contributed by atoms with Crippen molar-refractivity contribution in [1.82, 2.24) is 4.72 Å². The molecule has 0 atom stereocenters. The zero-order valence-electron chi connectivity index (χ0n) is 7.06. The molecule has 82 valence electrons. The van der Waals surface area contributed by atoms with Crippen LogP contribution >= 0.6 is 22.9 Å². The maximum absolute atomic E-state index is 11.4. The van der Waals surface area contributed by atoms with Crippen molar-refractivity contribution in [3.8, 4) is 0 Å². The Hall–Kier alpha value is -1.12. The van der Waals surface area contributed by atoms with E-state index in [4.69, 9.17) is 11.6 Å².